The van der Waals surface area contributed by atoms with E-state index in [9.17, 15) is 4.79 Å². The summed E-state index contributed by atoms with van der Waals surface area (Å²) in [6, 6.07) is 0.581. The van der Waals surface area contributed by atoms with Crippen molar-refractivity contribution in [3.63, 3.8) is 0 Å². The van der Waals surface area contributed by atoms with Crippen molar-refractivity contribution in [3.05, 3.63) is 0 Å². The molecule has 2 unspecified atom stereocenters. The molecule has 2 heterocycles. The smallest absolute Gasteiger partial charge is 0.410 e. The quantitative estimate of drug-likeness (QED) is 0.626. The Kier molecular flexibility index (Phi) is 1.83. The summed E-state index contributed by atoms with van der Waals surface area (Å²) >= 11 is 0. The van der Waals surface area contributed by atoms with Gasteiger partial charge in [-0.1, -0.05) is 0 Å². The normalized spacial score (nSPS) is 35.3. The lowest BCUT2D eigenvalue weighted by atomic mass is 10.0. The number of rotatable bonds is 1. The average molecular weight is 185 g/mol. The molecule has 2 fully saturated rings. The van der Waals surface area contributed by atoms with Crippen molar-refractivity contribution < 1.29 is 12.3 Å². The number of hydrogen-bond donors (Lipinski definition) is 0. The molecule has 2 atom stereocenters. The molecule has 3 nitrogen and oxygen atoms in total. The number of carbonyl (C=O) groups excluding carboxylic acids is 1. The molecule has 0 aromatic carbocycles. The van der Waals surface area contributed by atoms with Crippen LogP contribution in [0.3, 0.4) is 0 Å². The molecule has 0 radical (unpaired) electrons. The predicted molar refractivity (Wildman–Crippen MR) is 49.5 cm³/mol. The maximum absolute atomic E-state index is 11.7. The van der Waals surface area contributed by atoms with Crippen molar-refractivity contribution in [2.75, 3.05) is 6.56 Å². The molecule has 2 aliphatic heterocycles. The summed E-state index contributed by atoms with van der Waals surface area (Å²) in [5.41, 5.74) is 0. The second-order valence-electron chi connectivity index (χ2n) is 3.80. The van der Waals surface area contributed by atoms with Gasteiger partial charge in [-0.15, -0.1) is 0 Å². The summed E-state index contributed by atoms with van der Waals surface area (Å²) < 4.78 is 19.2. The van der Waals surface area contributed by atoms with Crippen LogP contribution in [-0.4, -0.2) is 29.6 Å². The number of hydrogen-bond acceptors (Lipinski definition) is 2. The fourth-order valence-corrected chi connectivity index (χ4v) is 2.56. The van der Waals surface area contributed by atoms with Crippen LogP contribution in [0.2, 0.25) is 0 Å². The average Bonchev–Trinajstić information content (AvgIpc) is 2.34. The molecule has 2 aliphatic rings. The molecule has 0 aliphatic carbocycles. The van der Waals surface area contributed by atoms with E-state index in [0.29, 0.717) is 12.1 Å². The molecule has 1 amide bonds. The van der Waals surface area contributed by atoms with Gasteiger partial charge in [-0.25, -0.2) is 4.79 Å². The van der Waals surface area contributed by atoms with Crippen molar-refractivity contribution in [2.45, 2.75) is 51.1 Å². The van der Waals surface area contributed by atoms with Crippen molar-refractivity contribution in [2.24, 2.45) is 0 Å². The maximum Gasteiger partial charge on any atom is 0.410 e. The third kappa shape index (κ3) is 1.52. The third-order valence-corrected chi connectivity index (χ3v) is 3.09. The Morgan fingerprint density at radius 2 is 2.08 bits per heavy atom. The molecule has 0 N–H and O–H groups in total. The van der Waals surface area contributed by atoms with Gasteiger partial charge < -0.3 is 9.64 Å². The van der Waals surface area contributed by atoms with Gasteiger partial charge in [-0.05, 0) is 39.0 Å². The fourth-order valence-electron chi connectivity index (χ4n) is 2.56. The van der Waals surface area contributed by atoms with Crippen LogP contribution in [0.25, 0.3) is 0 Å². The van der Waals surface area contributed by atoms with Crippen LogP contribution in [0.1, 0.15) is 41.8 Å². The highest BCUT2D eigenvalue weighted by molar-refractivity contribution is 5.69. The largest absolute Gasteiger partial charge is 0.450 e. The number of nitrogens with zero attached hydrogens (tertiary/aromatic N) is 1. The third-order valence-electron chi connectivity index (χ3n) is 3.09. The summed E-state index contributed by atoms with van der Waals surface area (Å²) in [6.07, 6.45) is 4.88. The number of fused-ring (bicyclic) bond motifs is 2. The first-order valence-corrected chi connectivity index (χ1v) is 4.99. The molecular weight excluding hydrogens is 166 g/mol. The van der Waals surface area contributed by atoms with Crippen LogP contribution >= 0.6 is 0 Å². The van der Waals surface area contributed by atoms with E-state index in [0.717, 1.165) is 25.7 Å². The van der Waals surface area contributed by atoms with Crippen LogP contribution in [0.4, 0.5) is 4.79 Å². The van der Waals surface area contributed by atoms with Crippen LogP contribution in [-0.2, 0) is 4.74 Å². The monoisotopic (exact) mass is 185 g/mol. The second-order valence-corrected chi connectivity index (χ2v) is 3.80. The van der Waals surface area contributed by atoms with Crippen LogP contribution in [0.15, 0.2) is 0 Å². The van der Waals surface area contributed by atoms with Gasteiger partial charge in [0.05, 0.1) is 9.30 Å². The lowest BCUT2D eigenvalue weighted by Crippen LogP contribution is -2.44. The minimum atomic E-state index is -1.87. The molecular formula is C10H17NO2. The Morgan fingerprint density at radius 3 is 2.62 bits per heavy atom. The van der Waals surface area contributed by atoms with E-state index in [1.807, 2.05) is 0 Å². The first-order chi connectivity index (χ1) is 6.97. The minimum absolute atomic E-state index is 0.290. The highest BCUT2D eigenvalue weighted by Crippen LogP contribution is 2.35. The summed E-state index contributed by atoms with van der Waals surface area (Å²) in [4.78, 5) is 13.5. The zero-order valence-corrected chi connectivity index (χ0v) is 7.95. The van der Waals surface area contributed by atoms with Gasteiger partial charge in [0.25, 0.3) is 0 Å². The molecule has 2 rings (SSSR count). The van der Waals surface area contributed by atoms with Gasteiger partial charge in [0.2, 0.25) is 0 Å². The predicted octanol–water partition coefficient (Wildman–Crippen LogP) is 2.16. The lowest BCUT2D eigenvalue weighted by molar-refractivity contribution is 0.0735. The van der Waals surface area contributed by atoms with Gasteiger partial charge in [0.15, 0.2) is 0 Å². The summed E-state index contributed by atoms with van der Waals surface area (Å²) in [5.74, 6) is 0. The molecule has 0 aromatic heterocycles. The summed E-state index contributed by atoms with van der Waals surface area (Å²) in [5, 5.41) is 0. The summed E-state index contributed by atoms with van der Waals surface area (Å²) in [6.45, 7) is -0.606. The maximum atomic E-state index is 11.7. The van der Waals surface area contributed by atoms with E-state index in [2.05, 4.69) is 0 Å². The highest BCUT2D eigenvalue weighted by Gasteiger charge is 2.40. The van der Waals surface area contributed by atoms with Gasteiger partial charge >= 0.3 is 6.09 Å². The topological polar surface area (TPSA) is 29.5 Å². The van der Waals surface area contributed by atoms with Gasteiger partial charge in [0, 0.05) is 12.1 Å². The van der Waals surface area contributed by atoms with Gasteiger partial charge in [-0.2, -0.15) is 0 Å². The van der Waals surface area contributed by atoms with E-state index >= 15 is 0 Å². The van der Waals surface area contributed by atoms with E-state index in [1.165, 1.54) is 13.3 Å². The highest BCUT2D eigenvalue weighted by atomic mass is 16.6. The van der Waals surface area contributed by atoms with E-state index in [-0.39, 0.29) is 0 Å². The van der Waals surface area contributed by atoms with Crippen molar-refractivity contribution in [1.82, 2.24) is 4.90 Å². The minimum Gasteiger partial charge on any atom is -0.450 e. The molecule has 0 aromatic rings. The molecule has 74 valence electrons. The lowest BCUT2D eigenvalue weighted by Gasteiger charge is -2.33. The van der Waals surface area contributed by atoms with Crippen molar-refractivity contribution >= 4 is 6.09 Å². The van der Waals surface area contributed by atoms with Crippen molar-refractivity contribution in [3.8, 4) is 0 Å². The Balaban J connectivity index is 2.01. The van der Waals surface area contributed by atoms with Gasteiger partial charge in [0.1, 0.15) is 0 Å². The summed E-state index contributed by atoms with van der Waals surface area (Å²) in [7, 11) is 0. The Labute approximate surface area is 81.9 Å². The fraction of sp³-hybridized carbons (Fsp3) is 0.900. The zero-order valence-electron chi connectivity index (χ0n) is 9.95. The molecule has 0 spiro atoms. The Morgan fingerprint density at radius 1 is 1.46 bits per heavy atom. The van der Waals surface area contributed by atoms with E-state index < -0.39 is 12.7 Å². The first kappa shape index (κ1) is 6.68. The number of carbonyl (C=O) groups is 1. The molecule has 2 bridgehead atoms. The Bertz CT molecular complexity index is 249. The second kappa shape index (κ2) is 3.56. The van der Waals surface area contributed by atoms with E-state index in [4.69, 9.17) is 7.48 Å². The standard InChI is InChI=1S/C10H17NO2/c1-2-13-10(12)11-8-4-3-5-9(11)7-6-8/h8-9H,2-7H2,1H3/i2D2. The first-order valence-electron chi connectivity index (χ1n) is 5.99. The van der Waals surface area contributed by atoms with Crippen LogP contribution in [0, 0.1) is 0 Å². The van der Waals surface area contributed by atoms with Crippen molar-refractivity contribution in [1.29, 1.82) is 0 Å². The Hall–Kier alpha value is -0.730. The molecule has 3 heteroatoms. The van der Waals surface area contributed by atoms with E-state index in [1.54, 1.807) is 4.90 Å². The number of amides is 1. The zero-order chi connectivity index (χ0) is 11.1. The molecule has 13 heavy (non-hydrogen) atoms. The van der Waals surface area contributed by atoms with Gasteiger partial charge in [-0.3, -0.25) is 0 Å². The SMILES string of the molecule is [2H]C([2H])(C)OC(=O)N1C2CCCC1CC2. The molecule has 0 saturated carbocycles. The van der Waals surface area contributed by atoms with Crippen LogP contribution in [0.5, 0.6) is 0 Å². The number of piperidine rings is 1. The molecule has 2 saturated heterocycles. The number of ether oxygens (including phenoxy) is 1. The van der Waals surface area contributed by atoms with Crippen LogP contribution < -0.4 is 0 Å².